The highest BCUT2D eigenvalue weighted by molar-refractivity contribution is 6.35. The van der Waals surface area contributed by atoms with E-state index in [1.165, 1.54) is 24.8 Å². The minimum absolute atomic E-state index is 0.0950. The lowest BCUT2D eigenvalue weighted by atomic mass is 9.53. The third kappa shape index (κ3) is 4.20. The minimum Gasteiger partial charge on any atom is -0.345 e. The second-order valence-corrected chi connectivity index (χ2v) is 10.2. The summed E-state index contributed by atoms with van der Waals surface area (Å²) in [6.45, 7) is 2.86. The summed E-state index contributed by atoms with van der Waals surface area (Å²) in [5.74, 6) is 1.46. The van der Waals surface area contributed by atoms with Gasteiger partial charge in [0, 0.05) is 31.2 Å². The summed E-state index contributed by atoms with van der Waals surface area (Å²) in [6, 6.07) is 10.6. The summed E-state index contributed by atoms with van der Waals surface area (Å²) in [4.78, 5) is 27.7. The molecule has 156 valence electrons. The highest BCUT2D eigenvalue weighted by atomic mass is 16.2. The van der Waals surface area contributed by atoms with E-state index in [9.17, 15) is 9.59 Å². The van der Waals surface area contributed by atoms with Gasteiger partial charge in [-0.3, -0.25) is 14.5 Å². The summed E-state index contributed by atoms with van der Waals surface area (Å²) in [5, 5.41) is 6.20. The van der Waals surface area contributed by atoms with Crippen LogP contribution in [0, 0.1) is 17.8 Å². The number of benzene rings is 1. The van der Waals surface area contributed by atoms with E-state index < -0.39 is 11.8 Å². The van der Waals surface area contributed by atoms with Gasteiger partial charge in [0.25, 0.3) is 0 Å². The average molecular weight is 396 g/mol. The standard InChI is InChI=1S/C24H33N3O2/c28-22(23(29)26-24-13-18-10-19(14-24)12-20(11-18)15-24)25-21-6-8-27(9-7-21)16-17-4-2-1-3-5-17/h1-5,18-21H,6-16H2,(H,25,28)(H,26,29). The Morgan fingerprint density at radius 1 is 0.897 bits per heavy atom. The summed E-state index contributed by atoms with van der Waals surface area (Å²) in [6.07, 6.45) is 9.06. The van der Waals surface area contributed by atoms with Gasteiger partial charge in [-0.15, -0.1) is 0 Å². The lowest BCUT2D eigenvalue weighted by Crippen LogP contribution is -2.62. The van der Waals surface area contributed by atoms with Crippen molar-refractivity contribution in [1.82, 2.24) is 15.5 Å². The third-order valence-electron chi connectivity index (χ3n) is 7.79. The predicted molar refractivity (Wildman–Crippen MR) is 112 cm³/mol. The van der Waals surface area contributed by atoms with E-state index in [0.717, 1.165) is 69.5 Å². The Hall–Kier alpha value is -1.88. The number of rotatable bonds is 4. The molecule has 1 aliphatic heterocycles. The molecule has 0 spiro atoms. The molecule has 5 fully saturated rings. The van der Waals surface area contributed by atoms with Gasteiger partial charge in [-0.2, -0.15) is 0 Å². The van der Waals surface area contributed by atoms with Gasteiger partial charge in [0.2, 0.25) is 0 Å². The molecule has 5 heteroatoms. The molecule has 1 heterocycles. The zero-order valence-corrected chi connectivity index (χ0v) is 17.2. The van der Waals surface area contributed by atoms with Gasteiger partial charge in [-0.25, -0.2) is 0 Å². The van der Waals surface area contributed by atoms with Crippen LogP contribution < -0.4 is 10.6 Å². The van der Waals surface area contributed by atoms with Crippen molar-refractivity contribution in [2.45, 2.75) is 69.5 Å². The normalized spacial score (nSPS) is 34.1. The Kier molecular flexibility index (Phi) is 5.10. The summed E-state index contributed by atoms with van der Waals surface area (Å²) >= 11 is 0. The molecule has 1 aromatic rings. The van der Waals surface area contributed by atoms with Crippen LogP contribution >= 0.6 is 0 Å². The monoisotopic (exact) mass is 395 g/mol. The van der Waals surface area contributed by atoms with Crippen LogP contribution in [0.3, 0.4) is 0 Å². The number of carbonyl (C=O) groups excluding carboxylic acids is 2. The summed E-state index contributed by atoms with van der Waals surface area (Å²) < 4.78 is 0. The van der Waals surface area contributed by atoms with E-state index in [4.69, 9.17) is 0 Å². The van der Waals surface area contributed by atoms with Crippen molar-refractivity contribution in [3.63, 3.8) is 0 Å². The van der Waals surface area contributed by atoms with Crippen molar-refractivity contribution in [2.24, 2.45) is 17.8 Å². The van der Waals surface area contributed by atoms with Crippen LogP contribution in [0.4, 0.5) is 0 Å². The van der Waals surface area contributed by atoms with Crippen LogP contribution in [-0.4, -0.2) is 41.4 Å². The van der Waals surface area contributed by atoms with E-state index >= 15 is 0 Å². The highest BCUT2D eigenvalue weighted by Gasteiger charge is 2.51. The number of hydrogen-bond donors (Lipinski definition) is 2. The molecule has 1 aromatic carbocycles. The molecule has 29 heavy (non-hydrogen) atoms. The molecule has 1 saturated heterocycles. The van der Waals surface area contributed by atoms with Gasteiger partial charge in [0.1, 0.15) is 0 Å². The van der Waals surface area contributed by atoms with Crippen molar-refractivity contribution < 1.29 is 9.59 Å². The van der Waals surface area contributed by atoms with Crippen molar-refractivity contribution in [1.29, 1.82) is 0 Å². The Balaban J connectivity index is 1.09. The maximum Gasteiger partial charge on any atom is 0.309 e. The van der Waals surface area contributed by atoms with Crippen LogP contribution in [0.2, 0.25) is 0 Å². The number of nitrogens with zero attached hydrogens (tertiary/aromatic N) is 1. The molecule has 0 radical (unpaired) electrons. The zero-order valence-electron chi connectivity index (χ0n) is 17.2. The summed E-state index contributed by atoms with van der Waals surface area (Å²) in [7, 11) is 0. The second-order valence-electron chi connectivity index (χ2n) is 10.2. The Morgan fingerprint density at radius 2 is 1.48 bits per heavy atom. The molecule has 0 unspecified atom stereocenters. The zero-order chi connectivity index (χ0) is 19.8. The molecule has 2 N–H and O–H groups in total. The smallest absolute Gasteiger partial charge is 0.309 e. The minimum atomic E-state index is -0.428. The number of nitrogens with one attached hydrogen (secondary N) is 2. The van der Waals surface area contributed by atoms with E-state index in [1.807, 2.05) is 6.07 Å². The largest absolute Gasteiger partial charge is 0.345 e. The predicted octanol–water partition coefficient (Wildman–Crippen LogP) is 2.85. The van der Waals surface area contributed by atoms with Gasteiger partial charge in [-0.1, -0.05) is 30.3 Å². The van der Waals surface area contributed by atoms with Crippen LogP contribution in [0.15, 0.2) is 30.3 Å². The van der Waals surface area contributed by atoms with Gasteiger partial charge < -0.3 is 10.6 Å². The van der Waals surface area contributed by atoms with Crippen molar-refractivity contribution in [3.05, 3.63) is 35.9 Å². The SMILES string of the molecule is O=C(NC1CCN(Cc2ccccc2)CC1)C(=O)NC12CC3CC(CC(C3)C1)C2. The second kappa shape index (κ2) is 7.75. The van der Waals surface area contributed by atoms with E-state index in [1.54, 1.807) is 0 Å². The topological polar surface area (TPSA) is 61.4 Å². The molecular weight excluding hydrogens is 362 g/mol. The number of carbonyl (C=O) groups is 2. The first kappa shape index (κ1) is 19.1. The molecule has 4 bridgehead atoms. The third-order valence-corrected chi connectivity index (χ3v) is 7.79. The maximum atomic E-state index is 12.7. The van der Waals surface area contributed by atoms with Gasteiger partial charge in [0.15, 0.2) is 0 Å². The quantitative estimate of drug-likeness (QED) is 0.771. The Bertz CT molecular complexity index is 719. The van der Waals surface area contributed by atoms with Crippen LogP contribution in [0.5, 0.6) is 0 Å². The lowest BCUT2D eigenvalue weighted by Gasteiger charge is -2.56. The number of piperidine rings is 1. The van der Waals surface area contributed by atoms with E-state index in [2.05, 4.69) is 39.8 Å². The Labute approximate surface area is 173 Å². The van der Waals surface area contributed by atoms with Crippen molar-refractivity contribution in [3.8, 4) is 0 Å². The van der Waals surface area contributed by atoms with Crippen LogP contribution in [0.1, 0.15) is 56.9 Å². The molecule has 0 aromatic heterocycles. The number of amides is 2. The Morgan fingerprint density at radius 3 is 2.07 bits per heavy atom. The van der Waals surface area contributed by atoms with Gasteiger partial charge in [0.05, 0.1) is 0 Å². The first-order chi connectivity index (χ1) is 14.1. The molecule has 2 amide bonds. The van der Waals surface area contributed by atoms with E-state index in [-0.39, 0.29) is 11.6 Å². The average Bonchev–Trinajstić information content (AvgIpc) is 2.69. The molecule has 4 aliphatic carbocycles. The molecule has 5 aliphatic rings. The number of hydrogen-bond acceptors (Lipinski definition) is 3. The highest BCUT2D eigenvalue weighted by Crippen LogP contribution is 2.55. The molecule has 0 atom stereocenters. The summed E-state index contributed by atoms with van der Waals surface area (Å²) in [5.41, 5.74) is 1.23. The first-order valence-corrected chi connectivity index (χ1v) is 11.5. The maximum absolute atomic E-state index is 12.7. The molecular formula is C24H33N3O2. The fraction of sp³-hybridized carbons (Fsp3) is 0.667. The number of likely N-dealkylation sites (tertiary alicyclic amines) is 1. The molecule has 6 rings (SSSR count). The molecule has 5 nitrogen and oxygen atoms in total. The first-order valence-electron chi connectivity index (χ1n) is 11.5. The fourth-order valence-electron chi connectivity index (χ4n) is 6.89. The fourth-order valence-corrected chi connectivity index (χ4v) is 6.89. The van der Waals surface area contributed by atoms with E-state index in [0.29, 0.717) is 0 Å². The van der Waals surface area contributed by atoms with Gasteiger partial charge >= 0.3 is 11.8 Å². The van der Waals surface area contributed by atoms with Crippen LogP contribution in [-0.2, 0) is 16.1 Å². The van der Waals surface area contributed by atoms with Gasteiger partial charge in [-0.05, 0) is 74.7 Å². The van der Waals surface area contributed by atoms with Crippen molar-refractivity contribution >= 4 is 11.8 Å². The van der Waals surface area contributed by atoms with Crippen molar-refractivity contribution in [2.75, 3.05) is 13.1 Å². The van der Waals surface area contributed by atoms with Crippen LogP contribution in [0.25, 0.3) is 0 Å². The lowest BCUT2D eigenvalue weighted by molar-refractivity contribution is -0.143. The molecule has 4 saturated carbocycles.